The zero-order valence-corrected chi connectivity index (χ0v) is 12.7. The number of hydrogen-bond acceptors (Lipinski definition) is 4. The molecule has 1 rings (SSSR count). The summed E-state index contributed by atoms with van der Waals surface area (Å²) in [7, 11) is 1.53. The molecule has 0 aliphatic carbocycles. The number of nitrogens with zero attached hydrogens (tertiary/aromatic N) is 1. The van der Waals surface area contributed by atoms with Crippen LogP contribution in [-0.4, -0.2) is 60.4 Å². The Bertz CT molecular complexity index is 344. The lowest BCUT2D eigenvalue weighted by Crippen LogP contribution is -2.45. The van der Waals surface area contributed by atoms with Gasteiger partial charge in [0, 0.05) is 26.7 Å². The largest absolute Gasteiger partial charge is 0.480 e. The maximum Gasteiger partial charge on any atom is 0.326 e. The fourth-order valence-corrected chi connectivity index (χ4v) is 2.23. The van der Waals surface area contributed by atoms with Crippen LogP contribution in [0.1, 0.15) is 33.6 Å². The predicted octanol–water partition coefficient (Wildman–Crippen LogP) is 1.14. The third-order valence-corrected chi connectivity index (χ3v) is 3.57. The van der Waals surface area contributed by atoms with E-state index in [1.165, 1.54) is 12.0 Å². The predicted molar refractivity (Wildman–Crippen MR) is 73.4 cm³/mol. The van der Waals surface area contributed by atoms with Crippen molar-refractivity contribution in [1.29, 1.82) is 0 Å². The minimum Gasteiger partial charge on any atom is -0.480 e. The van der Waals surface area contributed by atoms with Crippen molar-refractivity contribution < 1.29 is 24.2 Å². The van der Waals surface area contributed by atoms with Crippen molar-refractivity contribution >= 4 is 11.9 Å². The molecule has 3 atom stereocenters. The smallest absolute Gasteiger partial charge is 0.326 e. The van der Waals surface area contributed by atoms with E-state index in [2.05, 4.69) is 13.8 Å². The molecule has 3 unspecified atom stereocenters. The first-order chi connectivity index (χ1) is 9.36. The molecule has 1 amide bonds. The van der Waals surface area contributed by atoms with Crippen LogP contribution in [0.2, 0.25) is 0 Å². The van der Waals surface area contributed by atoms with Crippen LogP contribution >= 0.6 is 0 Å². The zero-order valence-electron chi connectivity index (χ0n) is 12.7. The van der Waals surface area contributed by atoms with Crippen molar-refractivity contribution in [3.05, 3.63) is 0 Å². The van der Waals surface area contributed by atoms with Gasteiger partial charge in [-0.05, 0) is 19.3 Å². The van der Waals surface area contributed by atoms with E-state index in [9.17, 15) is 14.7 Å². The topological polar surface area (TPSA) is 76.1 Å². The van der Waals surface area contributed by atoms with E-state index in [0.717, 1.165) is 6.42 Å². The second-order valence-electron chi connectivity index (χ2n) is 5.63. The maximum absolute atomic E-state index is 12.3. The summed E-state index contributed by atoms with van der Waals surface area (Å²) >= 11 is 0. The van der Waals surface area contributed by atoms with Crippen LogP contribution in [0.3, 0.4) is 0 Å². The van der Waals surface area contributed by atoms with Crippen LogP contribution in [0.4, 0.5) is 0 Å². The van der Waals surface area contributed by atoms with Crippen molar-refractivity contribution in [2.24, 2.45) is 5.92 Å². The van der Waals surface area contributed by atoms with Crippen molar-refractivity contribution in [2.45, 2.75) is 51.9 Å². The quantitative estimate of drug-likeness (QED) is 0.760. The molecular weight excluding hydrogens is 262 g/mol. The van der Waals surface area contributed by atoms with Gasteiger partial charge in [0.2, 0.25) is 0 Å². The molecular formula is C14H25NO5. The van der Waals surface area contributed by atoms with Gasteiger partial charge < -0.3 is 19.5 Å². The number of carboxylic acids is 1. The van der Waals surface area contributed by atoms with E-state index in [1.807, 2.05) is 0 Å². The number of aliphatic carboxylic acids is 1. The zero-order chi connectivity index (χ0) is 15.3. The SMILES string of the molecule is COC1CC(C(=O)O)N(C(=O)C(C)OCCC(C)C)C1. The fourth-order valence-electron chi connectivity index (χ4n) is 2.23. The Morgan fingerprint density at radius 2 is 2.00 bits per heavy atom. The molecule has 0 aromatic rings. The lowest BCUT2D eigenvalue weighted by Gasteiger charge is -2.25. The average Bonchev–Trinajstić information content (AvgIpc) is 2.81. The highest BCUT2D eigenvalue weighted by Gasteiger charge is 2.41. The molecule has 0 spiro atoms. The Labute approximate surface area is 120 Å². The molecule has 0 aromatic carbocycles. The molecule has 1 heterocycles. The Hall–Kier alpha value is -1.14. The molecule has 0 radical (unpaired) electrons. The number of carboxylic acid groups (broad SMARTS) is 1. The highest BCUT2D eigenvalue weighted by Crippen LogP contribution is 2.21. The van der Waals surface area contributed by atoms with Gasteiger partial charge in [-0.1, -0.05) is 13.8 Å². The van der Waals surface area contributed by atoms with Gasteiger partial charge in [-0.3, -0.25) is 4.79 Å². The number of likely N-dealkylation sites (tertiary alicyclic amines) is 1. The summed E-state index contributed by atoms with van der Waals surface area (Å²) in [5.41, 5.74) is 0. The van der Waals surface area contributed by atoms with Crippen molar-refractivity contribution in [1.82, 2.24) is 4.90 Å². The van der Waals surface area contributed by atoms with Crippen LogP contribution in [0.25, 0.3) is 0 Å². The number of rotatable bonds is 7. The first-order valence-corrected chi connectivity index (χ1v) is 7.04. The van der Waals surface area contributed by atoms with E-state index < -0.39 is 18.1 Å². The minimum atomic E-state index is -0.993. The molecule has 0 saturated carbocycles. The Kier molecular flexibility index (Phi) is 6.42. The molecule has 0 bridgehead atoms. The molecule has 20 heavy (non-hydrogen) atoms. The van der Waals surface area contributed by atoms with Gasteiger partial charge in [-0.2, -0.15) is 0 Å². The fraction of sp³-hybridized carbons (Fsp3) is 0.857. The van der Waals surface area contributed by atoms with Crippen LogP contribution in [-0.2, 0) is 19.1 Å². The molecule has 1 aliphatic rings. The number of carbonyl (C=O) groups is 2. The lowest BCUT2D eigenvalue weighted by atomic mass is 10.1. The van der Waals surface area contributed by atoms with E-state index >= 15 is 0 Å². The normalized spacial score (nSPS) is 24.1. The van der Waals surface area contributed by atoms with Gasteiger partial charge in [0.15, 0.2) is 0 Å². The van der Waals surface area contributed by atoms with Crippen molar-refractivity contribution in [3.8, 4) is 0 Å². The summed E-state index contributed by atoms with van der Waals surface area (Å²) in [6.07, 6.45) is 0.367. The molecule has 1 N–H and O–H groups in total. The average molecular weight is 287 g/mol. The van der Waals surface area contributed by atoms with Gasteiger partial charge in [0.05, 0.1) is 6.10 Å². The summed E-state index contributed by atoms with van der Waals surface area (Å²) < 4.78 is 10.7. The molecule has 0 aromatic heterocycles. The number of ether oxygens (including phenoxy) is 2. The van der Waals surface area contributed by atoms with Crippen molar-refractivity contribution in [2.75, 3.05) is 20.3 Å². The summed E-state index contributed by atoms with van der Waals surface area (Å²) in [5, 5.41) is 9.19. The van der Waals surface area contributed by atoms with E-state index in [1.54, 1.807) is 6.92 Å². The third kappa shape index (κ3) is 4.45. The number of methoxy groups -OCH3 is 1. The van der Waals surface area contributed by atoms with Crippen LogP contribution < -0.4 is 0 Å². The molecule has 1 saturated heterocycles. The highest BCUT2D eigenvalue weighted by atomic mass is 16.5. The van der Waals surface area contributed by atoms with Crippen LogP contribution in [0, 0.1) is 5.92 Å². The molecule has 116 valence electrons. The van der Waals surface area contributed by atoms with Gasteiger partial charge in [-0.25, -0.2) is 4.79 Å². The Morgan fingerprint density at radius 1 is 1.35 bits per heavy atom. The summed E-state index contributed by atoms with van der Waals surface area (Å²) in [6, 6.07) is -0.816. The molecule has 6 heteroatoms. The van der Waals surface area contributed by atoms with Crippen LogP contribution in [0.15, 0.2) is 0 Å². The van der Waals surface area contributed by atoms with Gasteiger partial charge >= 0.3 is 5.97 Å². The Balaban J connectivity index is 2.57. The molecule has 1 fully saturated rings. The first-order valence-electron chi connectivity index (χ1n) is 7.04. The second-order valence-corrected chi connectivity index (χ2v) is 5.63. The standard InChI is InChI=1S/C14H25NO5/c1-9(2)5-6-20-10(3)13(16)15-8-11(19-4)7-12(15)14(17)18/h9-12H,5-8H2,1-4H3,(H,17,18). The number of hydrogen-bond donors (Lipinski definition) is 1. The van der Waals surface area contributed by atoms with Gasteiger partial charge in [0.1, 0.15) is 12.1 Å². The second kappa shape index (κ2) is 7.59. The van der Waals surface area contributed by atoms with E-state index in [0.29, 0.717) is 25.5 Å². The number of carbonyl (C=O) groups excluding carboxylic acids is 1. The maximum atomic E-state index is 12.3. The summed E-state index contributed by atoms with van der Waals surface area (Å²) in [6.45, 7) is 6.65. The first kappa shape index (κ1) is 16.9. The lowest BCUT2D eigenvalue weighted by molar-refractivity contribution is -0.153. The number of amides is 1. The summed E-state index contributed by atoms with van der Waals surface area (Å²) in [4.78, 5) is 24.9. The minimum absolute atomic E-state index is 0.220. The third-order valence-electron chi connectivity index (χ3n) is 3.57. The van der Waals surface area contributed by atoms with E-state index in [-0.39, 0.29) is 12.0 Å². The van der Waals surface area contributed by atoms with E-state index in [4.69, 9.17) is 9.47 Å². The van der Waals surface area contributed by atoms with Crippen LogP contribution in [0.5, 0.6) is 0 Å². The molecule has 6 nitrogen and oxygen atoms in total. The van der Waals surface area contributed by atoms with Crippen molar-refractivity contribution in [3.63, 3.8) is 0 Å². The highest BCUT2D eigenvalue weighted by molar-refractivity contribution is 5.86. The van der Waals surface area contributed by atoms with Gasteiger partial charge in [-0.15, -0.1) is 0 Å². The summed E-state index contributed by atoms with van der Waals surface area (Å²) in [5.74, 6) is -0.762. The molecule has 1 aliphatic heterocycles. The van der Waals surface area contributed by atoms with Gasteiger partial charge in [0.25, 0.3) is 5.91 Å². The monoisotopic (exact) mass is 287 g/mol. The Morgan fingerprint density at radius 3 is 2.50 bits per heavy atom.